The van der Waals surface area contributed by atoms with Gasteiger partial charge in [-0.25, -0.2) is 0 Å². The fourth-order valence-corrected chi connectivity index (χ4v) is 2.65. The smallest absolute Gasteiger partial charge is 0.251 e. The zero-order valence-electron chi connectivity index (χ0n) is 18.4. The minimum atomic E-state index is -0.210. The van der Waals surface area contributed by atoms with E-state index in [0.29, 0.717) is 50.8 Å². The van der Waals surface area contributed by atoms with Crippen molar-refractivity contribution < 1.29 is 23.8 Å². The molecule has 0 aliphatic carbocycles. The highest BCUT2D eigenvalue weighted by Crippen LogP contribution is 2.16. The fourth-order valence-electron chi connectivity index (χ4n) is 2.22. The summed E-state index contributed by atoms with van der Waals surface area (Å²) in [7, 11) is 0. The number of nitrogens with two attached hydrogens (primary N) is 1. The molecule has 1 aromatic carbocycles. The van der Waals surface area contributed by atoms with Gasteiger partial charge in [-0.05, 0) is 24.5 Å². The molecule has 0 saturated heterocycles. The van der Waals surface area contributed by atoms with Gasteiger partial charge in [-0.15, -0.1) is 11.8 Å². The molecule has 1 rings (SSSR count). The predicted octanol–water partition coefficient (Wildman–Crippen LogP) is 1.25. The number of hydrogen-bond acceptors (Lipinski definition) is 7. The first-order valence-corrected chi connectivity index (χ1v) is 11.4. The molecule has 0 radical (unpaired) electrons. The van der Waals surface area contributed by atoms with Crippen molar-refractivity contribution >= 4 is 23.6 Å². The van der Waals surface area contributed by atoms with Crippen molar-refractivity contribution in [1.29, 1.82) is 0 Å². The third kappa shape index (κ3) is 12.9. The number of ether oxygens (including phenoxy) is 3. The lowest BCUT2D eigenvalue weighted by Gasteiger charge is -2.17. The molecule has 1 aromatic rings. The highest BCUT2D eigenvalue weighted by Gasteiger charge is 2.11. The minimum Gasteiger partial charge on any atom is -0.490 e. The number of amides is 2. The van der Waals surface area contributed by atoms with Crippen LogP contribution in [-0.4, -0.2) is 69.6 Å². The van der Waals surface area contributed by atoms with Gasteiger partial charge < -0.3 is 30.6 Å². The number of benzene rings is 1. The third-order valence-corrected chi connectivity index (χ3v) is 4.50. The molecule has 0 spiro atoms. The highest BCUT2D eigenvalue weighted by molar-refractivity contribution is 7.99. The third-order valence-electron chi connectivity index (χ3n) is 3.70. The molecule has 0 aromatic heterocycles. The van der Waals surface area contributed by atoms with Crippen LogP contribution in [0.2, 0.25) is 0 Å². The quantitative estimate of drug-likeness (QED) is 0.222. The lowest BCUT2D eigenvalue weighted by Crippen LogP contribution is -2.29. The van der Waals surface area contributed by atoms with Crippen LogP contribution < -0.4 is 21.1 Å². The van der Waals surface area contributed by atoms with E-state index in [1.54, 1.807) is 24.3 Å². The molecule has 0 aliphatic rings. The van der Waals surface area contributed by atoms with Gasteiger partial charge in [0, 0.05) is 24.6 Å². The monoisotopic (exact) mass is 451 g/mol. The summed E-state index contributed by atoms with van der Waals surface area (Å²) < 4.78 is 16.8. The zero-order chi connectivity index (χ0) is 22.9. The van der Waals surface area contributed by atoms with Gasteiger partial charge in [0.25, 0.3) is 5.91 Å². The average Bonchev–Trinajstić information content (AvgIpc) is 2.77. The maximum atomic E-state index is 12.0. The van der Waals surface area contributed by atoms with Gasteiger partial charge in [0.15, 0.2) is 0 Å². The van der Waals surface area contributed by atoms with Gasteiger partial charge in [0.1, 0.15) is 24.4 Å². The summed E-state index contributed by atoms with van der Waals surface area (Å²) in [4.78, 5) is 23.6. The Hall–Kier alpha value is -2.25. The van der Waals surface area contributed by atoms with Crippen LogP contribution in [0, 0.1) is 17.8 Å². The van der Waals surface area contributed by atoms with Crippen LogP contribution in [0.1, 0.15) is 24.2 Å². The summed E-state index contributed by atoms with van der Waals surface area (Å²) in [6.45, 7) is 6.00. The van der Waals surface area contributed by atoms with Crippen molar-refractivity contribution in [2.24, 2.45) is 11.7 Å². The van der Waals surface area contributed by atoms with Crippen LogP contribution in [-0.2, 0) is 14.3 Å². The van der Waals surface area contributed by atoms with E-state index >= 15 is 0 Å². The van der Waals surface area contributed by atoms with Crippen LogP contribution in [0.4, 0.5) is 0 Å². The maximum absolute atomic E-state index is 12.0. The Morgan fingerprint density at radius 1 is 1.23 bits per heavy atom. The lowest BCUT2D eigenvalue weighted by atomic mass is 10.2. The van der Waals surface area contributed by atoms with Gasteiger partial charge in [-0.3, -0.25) is 9.59 Å². The zero-order valence-corrected chi connectivity index (χ0v) is 19.3. The normalized spacial score (nSPS) is 11.4. The van der Waals surface area contributed by atoms with Gasteiger partial charge in [0.05, 0.1) is 19.8 Å². The standard InChI is InChI=1S/C22H33N3O5S/c1-17(2)6-5-10-24-20(26)15-28-12-13-29-21(31-3)16-30-19-8-4-7-18(14-19)22(27)25-11-9-23/h4,7-8,14,17,21H,9-13,15-16,23H2,1-3H3,(H,24,26)(H,25,27)/t21-/m1/s1. The van der Waals surface area contributed by atoms with E-state index in [2.05, 4.69) is 22.5 Å². The fraction of sp³-hybridized carbons (Fsp3) is 0.545. The summed E-state index contributed by atoms with van der Waals surface area (Å²) in [5.41, 5.74) is 5.70. The average molecular weight is 452 g/mol. The second-order valence-electron chi connectivity index (χ2n) is 6.72. The van der Waals surface area contributed by atoms with Gasteiger partial charge in [-0.2, -0.15) is 0 Å². The van der Waals surface area contributed by atoms with Crippen molar-refractivity contribution in [3.8, 4) is 17.6 Å². The van der Waals surface area contributed by atoms with Crippen LogP contribution >= 0.6 is 11.8 Å². The van der Waals surface area contributed by atoms with E-state index in [-0.39, 0.29) is 29.8 Å². The largest absolute Gasteiger partial charge is 0.490 e. The molecule has 172 valence electrons. The minimum absolute atomic E-state index is 0.0355. The van der Waals surface area contributed by atoms with Crippen LogP contribution in [0.15, 0.2) is 24.3 Å². The van der Waals surface area contributed by atoms with E-state index in [0.717, 1.165) is 0 Å². The van der Waals surface area contributed by atoms with Crippen molar-refractivity contribution in [3.05, 3.63) is 29.8 Å². The molecule has 9 heteroatoms. The SMILES string of the molecule is CS[C@H](COc1cccc(C(=O)NCCN)c1)OCCOCC(=O)NCC#CC(C)C. The Morgan fingerprint density at radius 3 is 2.74 bits per heavy atom. The first-order valence-electron chi connectivity index (χ1n) is 10.1. The van der Waals surface area contributed by atoms with E-state index in [9.17, 15) is 9.59 Å². The number of carbonyl (C=O) groups is 2. The second kappa shape index (κ2) is 16.4. The number of hydrogen-bond donors (Lipinski definition) is 3. The molecule has 0 heterocycles. The van der Waals surface area contributed by atoms with Gasteiger partial charge >= 0.3 is 0 Å². The van der Waals surface area contributed by atoms with Crippen molar-refractivity contribution in [3.63, 3.8) is 0 Å². The van der Waals surface area contributed by atoms with E-state index in [1.165, 1.54) is 11.8 Å². The molecule has 0 aliphatic heterocycles. The molecule has 1 atom stereocenters. The molecule has 31 heavy (non-hydrogen) atoms. The molecule has 0 fully saturated rings. The molecule has 8 nitrogen and oxygen atoms in total. The topological polar surface area (TPSA) is 112 Å². The van der Waals surface area contributed by atoms with Crippen LogP contribution in [0.5, 0.6) is 5.75 Å². The molecule has 0 unspecified atom stereocenters. The van der Waals surface area contributed by atoms with Crippen molar-refractivity contribution in [2.75, 3.05) is 52.3 Å². The molecule has 0 saturated carbocycles. The predicted molar refractivity (Wildman–Crippen MR) is 123 cm³/mol. The summed E-state index contributed by atoms with van der Waals surface area (Å²) in [5.74, 6) is 6.31. The molecule has 0 bridgehead atoms. The first-order chi connectivity index (χ1) is 15.0. The summed E-state index contributed by atoms with van der Waals surface area (Å²) in [6, 6.07) is 6.93. The van der Waals surface area contributed by atoms with Crippen LogP contribution in [0.25, 0.3) is 0 Å². The van der Waals surface area contributed by atoms with Gasteiger partial charge in [-0.1, -0.05) is 31.8 Å². The number of carbonyl (C=O) groups excluding carboxylic acids is 2. The summed E-state index contributed by atoms with van der Waals surface area (Å²) in [6.07, 6.45) is 1.91. The molecular weight excluding hydrogens is 418 g/mol. The van der Waals surface area contributed by atoms with E-state index < -0.39 is 0 Å². The Morgan fingerprint density at radius 2 is 2.03 bits per heavy atom. The maximum Gasteiger partial charge on any atom is 0.251 e. The molecule has 2 amide bonds. The first kappa shape index (κ1) is 26.8. The second-order valence-corrected chi connectivity index (χ2v) is 7.72. The number of nitrogens with one attached hydrogen (secondary N) is 2. The van der Waals surface area contributed by atoms with Crippen molar-refractivity contribution in [2.45, 2.75) is 19.3 Å². The Kier molecular flexibility index (Phi) is 14.2. The Bertz CT molecular complexity index is 733. The highest BCUT2D eigenvalue weighted by atomic mass is 32.2. The summed E-state index contributed by atoms with van der Waals surface area (Å²) in [5, 5.41) is 5.39. The summed E-state index contributed by atoms with van der Waals surface area (Å²) >= 11 is 1.50. The Labute approximate surface area is 188 Å². The lowest BCUT2D eigenvalue weighted by molar-refractivity contribution is -0.126. The van der Waals surface area contributed by atoms with Gasteiger partial charge in [0.2, 0.25) is 5.91 Å². The molecular formula is C22H33N3O5S. The Balaban J connectivity index is 2.26. The van der Waals surface area contributed by atoms with E-state index in [1.807, 2.05) is 20.1 Å². The van der Waals surface area contributed by atoms with Crippen molar-refractivity contribution in [1.82, 2.24) is 10.6 Å². The number of rotatable bonds is 14. The molecule has 4 N–H and O–H groups in total. The van der Waals surface area contributed by atoms with E-state index in [4.69, 9.17) is 19.9 Å². The van der Waals surface area contributed by atoms with Crippen LogP contribution in [0.3, 0.4) is 0 Å². The number of thioether (sulfide) groups is 1.